The molecule has 2 heterocycles. The van der Waals surface area contributed by atoms with Crippen LogP contribution < -0.4 is 0 Å². The minimum absolute atomic E-state index is 0.103. The van der Waals surface area contributed by atoms with Crippen molar-refractivity contribution in [2.24, 2.45) is 0 Å². The summed E-state index contributed by atoms with van der Waals surface area (Å²) in [4.78, 5) is 14.6. The van der Waals surface area contributed by atoms with Crippen LogP contribution in [0.15, 0.2) is 24.3 Å². The van der Waals surface area contributed by atoms with Gasteiger partial charge in [-0.05, 0) is 40.8 Å². The summed E-state index contributed by atoms with van der Waals surface area (Å²) in [6.07, 6.45) is 5.65. The van der Waals surface area contributed by atoms with Crippen molar-refractivity contribution < 1.29 is 4.79 Å². The molecule has 1 aromatic carbocycles. The summed E-state index contributed by atoms with van der Waals surface area (Å²) in [6.45, 7) is 1.72. The normalized spacial score (nSPS) is 18.2. The molecule has 0 bridgehead atoms. The van der Waals surface area contributed by atoms with E-state index in [-0.39, 0.29) is 12.5 Å². The van der Waals surface area contributed by atoms with Gasteiger partial charge in [0.05, 0.1) is 0 Å². The van der Waals surface area contributed by atoms with Crippen LogP contribution in [0.5, 0.6) is 0 Å². The lowest BCUT2D eigenvalue weighted by molar-refractivity contribution is -0.133. The number of hydrogen-bond donors (Lipinski definition) is 0. The highest BCUT2D eigenvalue weighted by Crippen LogP contribution is 2.32. The van der Waals surface area contributed by atoms with Crippen molar-refractivity contribution in [1.29, 1.82) is 0 Å². The number of benzene rings is 1. The maximum absolute atomic E-state index is 12.7. The molecule has 6 heteroatoms. The molecule has 1 aliphatic heterocycles. The molecule has 0 unspecified atom stereocenters. The van der Waals surface area contributed by atoms with E-state index in [9.17, 15) is 4.79 Å². The molecule has 6 nitrogen and oxygen atoms in total. The molecule has 0 spiro atoms. The molecule has 2 aromatic rings. The number of hydrogen-bond acceptors (Lipinski definition) is 4. The van der Waals surface area contributed by atoms with Crippen LogP contribution in [0, 0.1) is 0 Å². The Balaban J connectivity index is 1.46. The van der Waals surface area contributed by atoms with E-state index in [4.69, 9.17) is 0 Å². The number of carbonyl (C=O) groups is 1. The maximum atomic E-state index is 12.7. The van der Waals surface area contributed by atoms with Crippen molar-refractivity contribution in [3.8, 4) is 0 Å². The van der Waals surface area contributed by atoms with Crippen molar-refractivity contribution in [1.82, 2.24) is 25.1 Å². The lowest BCUT2D eigenvalue weighted by Gasteiger charge is -2.29. The molecular weight excluding hydrogens is 290 g/mol. The Kier molecular flexibility index (Phi) is 3.81. The number of carbonyl (C=O) groups excluding carboxylic acids is 1. The van der Waals surface area contributed by atoms with Crippen LogP contribution in [0.2, 0.25) is 0 Å². The summed E-state index contributed by atoms with van der Waals surface area (Å²) in [5.41, 5.74) is 2.60. The molecule has 1 aromatic heterocycles. The van der Waals surface area contributed by atoms with E-state index in [1.54, 1.807) is 4.68 Å². The first-order chi connectivity index (χ1) is 11.3. The standard InChI is InChI=1S/C17H21N5O/c23-16(21-10-9-13-5-1-4-8-15(13)11-21)12-22-17(18-19-20-22)14-6-2-3-7-14/h1,4-5,8,14H,2-3,6-7,9-12H2. The van der Waals surface area contributed by atoms with Crippen LogP contribution in [0.25, 0.3) is 0 Å². The molecule has 2 aliphatic rings. The van der Waals surface area contributed by atoms with Crippen LogP contribution in [-0.4, -0.2) is 37.6 Å². The summed E-state index contributed by atoms with van der Waals surface area (Å²) >= 11 is 0. The van der Waals surface area contributed by atoms with Crippen molar-refractivity contribution in [2.45, 2.75) is 51.1 Å². The Hall–Kier alpha value is -2.24. The average molecular weight is 311 g/mol. The van der Waals surface area contributed by atoms with Gasteiger partial charge in [0.25, 0.3) is 0 Å². The number of amides is 1. The van der Waals surface area contributed by atoms with E-state index in [1.807, 2.05) is 11.0 Å². The zero-order valence-corrected chi connectivity index (χ0v) is 13.2. The predicted molar refractivity (Wildman–Crippen MR) is 84.6 cm³/mol. The summed E-state index contributed by atoms with van der Waals surface area (Å²) in [7, 11) is 0. The van der Waals surface area contributed by atoms with Crippen LogP contribution in [0.3, 0.4) is 0 Å². The van der Waals surface area contributed by atoms with Crippen LogP contribution in [-0.2, 0) is 24.3 Å². The van der Waals surface area contributed by atoms with Gasteiger partial charge in [0.15, 0.2) is 5.82 Å². The molecule has 0 N–H and O–H groups in total. The first kappa shape index (κ1) is 14.4. The molecule has 1 aliphatic carbocycles. The highest BCUT2D eigenvalue weighted by atomic mass is 16.2. The SMILES string of the molecule is O=C(Cn1nnnc1C1CCCC1)N1CCc2ccccc2C1. The highest BCUT2D eigenvalue weighted by molar-refractivity contribution is 5.76. The van der Waals surface area contributed by atoms with E-state index in [0.717, 1.165) is 31.6 Å². The summed E-state index contributed by atoms with van der Waals surface area (Å²) in [5, 5.41) is 12.0. The molecule has 1 amide bonds. The third-order valence-corrected chi connectivity index (χ3v) is 5.05. The van der Waals surface area contributed by atoms with Gasteiger partial charge in [-0.1, -0.05) is 37.1 Å². The highest BCUT2D eigenvalue weighted by Gasteiger charge is 2.26. The number of tetrazole rings is 1. The summed E-state index contributed by atoms with van der Waals surface area (Å²) in [5.74, 6) is 1.40. The van der Waals surface area contributed by atoms with Crippen LogP contribution in [0.1, 0.15) is 48.6 Å². The second-order valence-electron chi connectivity index (χ2n) is 6.51. The fourth-order valence-electron chi connectivity index (χ4n) is 3.74. The van der Waals surface area contributed by atoms with Crippen LogP contribution >= 0.6 is 0 Å². The first-order valence-electron chi connectivity index (χ1n) is 8.42. The van der Waals surface area contributed by atoms with Gasteiger partial charge in [-0.3, -0.25) is 4.79 Å². The predicted octanol–water partition coefficient (Wildman–Crippen LogP) is 1.92. The molecule has 1 fully saturated rings. The van der Waals surface area contributed by atoms with Gasteiger partial charge in [0.2, 0.25) is 5.91 Å². The van der Waals surface area contributed by atoms with Gasteiger partial charge in [0.1, 0.15) is 6.54 Å². The van der Waals surface area contributed by atoms with Gasteiger partial charge in [-0.2, -0.15) is 0 Å². The minimum atomic E-state index is 0.103. The smallest absolute Gasteiger partial charge is 0.244 e. The zero-order chi connectivity index (χ0) is 15.6. The lowest BCUT2D eigenvalue weighted by Crippen LogP contribution is -2.38. The molecule has 120 valence electrons. The Labute approximate surface area is 135 Å². The van der Waals surface area contributed by atoms with E-state index < -0.39 is 0 Å². The van der Waals surface area contributed by atoms with Crippen molar-refractivity contribution >= 4 is 5.91 Å². The van der Waals surface area contributed by atoms with Gasteiger partial charge in [-0.25, -0.2) is 4.68 Å². The molecule has 0 atom stereocenters. The zero-order valence-electron chi connectivity index (χ0n) is 13.2. The molecule has 4 rings (SSSR count). The van der Waals surface area contributed by atoms with Crippen molar-refractivity contribution in [2.75, 3.05) is 6.54 Å². The first-order valence-corrected chi connectivity index (χ1v) is 8.42. The average Bonchev–Trinajstić information content (AvgIpc) is 3.25. The largest absolute Gasteiger partial charge is 0.336 e. The van der Waals surface area contributed by atoms with E-state index >= 15 is 0 Å². The van der Waals surface area contributed by atoms with E-state index in [0.29, 0.717) is 12.5 Å². The molecule has 0 radical (unpaired) electrons. The lowest BCUT2D eigenvalue weighted by atomic mass is 10.00. The number of aromatic nitrogens is 4. The molecular formula is C17H21N5O. The Bertz CT molecular complexity index is 705. The second-order valence-corrected chi connectivity index (χ2v) is 6.51. The Morgan fingerprint density at radius 3 is 2.78 bits per heavy atom. The fourth-order valence-corrected chi connectivity index (χ4v) is 3.74. The Morgan fingerprint density at radius 1 is 1.17 bits per heavy atom. The van der Waals surface area contributed by atoms with E-state index in [2.05, 4.69) is 33.7 Å². The fraction of sp³-hybridized carbons (Fsp3) is 0.529. The topological polar surface area (TPSA) is 63.9 Å². The number of nitrogens with zero attached hydrogens (tertiary/aromatic N) is 5. The quantitative estimate of drug-likeness (QED) is 0.868. The van der Waals surface area contributed by atoms with Gasteiger partial charge < -0.3 is 4.90 Å². The molecule has 1 saturated carbocycles. The molecule has 0 saturated heterocycles. The third-order valence-electron chi connectivity index (χ3n) is 5.05. The monoisotopic (exact) mass is 311 g/mol. The van der Waals surface area contributed by atoms with Crippen molar-refractivity contribution in [3.63, 3.8) is 0 Å². The molecule has 23 heavy (non-hydrogen) atoms. The third kappa shape index (κ3) is 2.85. The summed E-state index contributed by atoms with van der Waals surface area (Å²) < 4.78 is 1.71. The second kappa shape index (κ2) is 6.10. The van der Waals surface area contributed by atoms with Crippen LogP contribution in [0.4, 0.5) is 0 Å². The number of rotatable bonds is 3. The Morgan fingerprint density at radius 2 is 1.96 bits per heavy atom. The maximum Gasteiger partial charge on any atom is 0.244 e. The number of fused-ring (bicyclic) bond motifs is 1. The summed E-state index contributed by atoms with van der Waals surface area (Å²) in [6, 6.07) is 8.35. The minimum Gasteiger partial charge on any atom is -0.336 e. The van der Waals surface area contributed by atoms with E-state index in [1.165, 1.54) is 24.0 Å². The van der Waals surface area contributed by atoms with Gasteiger partial charge >= 0.3 is 0 Å². The van der Waals surface area contributed by atoms with Crippen molar-refractivity contribution in [3.05, 3.63) is 41.2 Å². The van der Waals surface area contributed by atoms with Gasteiger partial charge in [0, 0.05) is 19.0 Å². The van der Waals surface area contributed by atoms with Gasteiger partial charge in [-0.15, -0.1) is 5.10 Å².